The van der Waals surface area contributed by atoms with Crippen LogP contribution in [0, 0.1) is 5.82 Å². The van der Waals surface area contributed by atoms with Crippen LogP contribution >= 0.6 is 0 Å². The number of benzene rings is 1. The van der Waals surface area contributed by atoms with Crippen LogP contribution in [0.5, 0.6) is 0 Å². The Morgan fingerprint density at radius 2 is 2.12 bits per heavy atom. The fraction of sp³-hybridized carbons (Fsp3) is 0.308. The van der Waals surface area contributed by atoms with Gasteiger partial charge in [-0.05, 0) is 43.5 Å². The Hall–Kier alpha value is -1.68. The Labute approximate surface area is 97.4 Å². The van der Waals surface area contributed by atoms with E-state index in [1.54, 1.807) is 6.07 Å². The molecular formula is C13H12FNO2. The highest BCUT2D eigenvalue weighted by Crippen LogP contribution is 2.33. The molecule has 17 heavy (non-hydrogen) atoms. The molecule has 1 aromatic heterocycles. The number of rotatable bonds is 2. The van der Waals surface area contributed by atoms with E-state index < -0.39 is 5.54 Å². The highest BCUT2D eigenvalue weighted by Gasteiger charge is 2.41. The lowest BCUT2D eigenvalue weighted by Crippen LogP contribution is -2.53. The fourth-order valence-corrected chi connectivity index (χ4v) is 2.16. The maximum absolute atomic E-state index is 13.0. The van der Waals surface area contributed by atoms with Crippen molar-refractivity contribution in [2.75, 3.05) is 0 Å². The molecule has 1 heterocycles. The van der Waals surface area contributed by atoms with Crippen LogP contribution in [0.25, 0.3) is 11.0 Å². The summed E-state index contributed by atoms with van der Waals surface area (Å²) in [5.41, 5.74) is 5.69. The first-order chi connectivity index (χ1) is 8.08. The van der Waals surface area contributed by atoms with Gasteiger partial charge in [0.2, 0.25) is 5.78 Å². The molecule has 1 aliphatic carbocycles. The minimum absolute atomic E-state index is 0.180. The molecule has 1 saturated carbocycles. The molecule has 0 bridgehead atoms. The molecule has 0 spiro atoms. The number of furan rings is 1. The van der Waals surface area contributed by atoms with Gasteiger partial charge in [-0.2, -0.15) is 0 Å². The van der Waals surface area contributed by atoms with Gasteiger partial charge in [-0.1, -0.05) is 0 Å². The highest BCUT2D eigenvalue weighted by molar-refractivity contribution is 6.04. The van der Waals surface area contributed by atoms with E-state index in [1.165, 1.54) is 18.2 Å². The molecule has 1 aliphatic rings. The number of carbonyl (C=O) groups excluding carboxylic acids is 1. The van der Waals surface area contributed by atoms with Crippen LogP contribution < -0.4 is 5.73 Å². The molecule has 88 valence electrons. The average Bonchev–Trinajstić information content (AvgIpc) is 2.67. The van der Waals surface area contributed by atoms with Crippen LogP contribution in [0.4, 0.5) is 4.39 Å². The predicted molar refractivity (Wildman–Crippen MR) is 61.3 cm³/mol. The van der Waals surface area contributed by atoms with E-state index in [0.29, 0.717) is 23.8 Å². The minimum atomic E-state index is -0.771. The smallest absolute Gasteiger partial charge is 0.217 e. The van der Waals surface area contributed by atoms with Crippen molar-refractivity contribution in [1.82, 2.24) is 0 Å². The van der Waals surface area contributed by atoms with Gasteiger partial charge in [0.25, 0.3) is 0 Å². The molecule has 3 nitrogen and oxygen atoms in total. The number of halogens is 1. The fourth-order valence-electron chi connectivity index (χ4n) is 2.16. The zero-order chi connectivity index (χ0) is 12.0. The molecule has 0 saturated heterocycles. The second-order valence-electron chi connectivity index (χ2n) is 4.63. The van der Waals surface area contributed by atoms with E-state index >= 15 is 0 Å². The number of nitrogens with two attached hydrogens (primary N) is 1. The lowest BCUT2D eigenvalue weighted by atomic mass is 9.74. The van der Waals surface area contributed by atoms with Crippen molar-refractivity contribution in [2.45, 2.75) is 24.8 Å². The van der Waals surface area contributed by atoms with Crippen LogP contribution in [0.2, 0.25) is 0 Å². The van der Waals surface area contributed by atoms with Gasteiger partial charge in [-0.25, -0.2) is 4.39 Å². The van der Waals surface area contributed by atoms with Crippen molar-refractivity contribution < 1.29 is 13.6 Å². The van der Waals surface area contributed by atoms with Crippen molar-refractivity contribution in [3.63, 3.8) is 0 Å². The van der Waals surface area contributed by atoms with Crippen LogP contribution in [0.15, 0.2) is 28.7 Å². The zero-order valence-electron chi connectivity index (χ0n) is 9.20. The summed E-state index contributed by atoms with van der Waals surface area (Å²) in [5.74, 6) is -0.295. The van der Waals surface area contributed by atoms with Gasteiger partial charge in [0, 0.05) is 5.39 Å². The van der Waals surface area contributed by atoms with E-state index in [9.17, 15) is 9.18 Å². The van der Waals surface area contributed by atoms with E-state index in [0.717, 1.165) is 6.42 Å². The van der Waals surface area contributed by atoms with E-state index in [1.807, 2.05) is 0 Å². The minimum Gasteiger partial charge on any atom is -0.453 e. The first-order valence-corrected chi connectivity index (χ1v) is 5.61. The van der Waals surface area contributed by atoms with Crippen molar-refractivity contribution >= 4 is 16.8 Å². The Balaban J connectivity index is 2.03. The largest absolute Gasteiger partial charge is 0.453 e. The van der Waals surface area contributed by atoms with Crippen molar-refractivity contribution in [1.29, 1.82) is 0 Å². The Morgan fingerprint density at radius 3 is 2.76 bits per heavy atom. The Bertz CT molecular complexity index is 598. The number of carbonyl (C=O) groups is 1. The third-order valence-corrected chi connectivity index (χ3v) is 3.40. The SMILES string of the molecule is NC1(C(=O)c2cc3cc(F)ccc3o2)CCC1. The summed E-state index contributed by atoms with van der Waals surface area (Å²) in [7, 11) is 0. The van der Waals surface area contributed by atoms with Crippen molar-refractivity contribution in [3.05, 3.63) is 35.8 Å². The zero-order valence-corrected chi connectivity index (χ0v) is 9.20. The summed E-state index contributed by atoms with van der Waals surface area (Å²) in [6.45, 7) is 0. The van der Waals surface area contributed by atoms with E-state index in [4.69, 9.17) is 10.2 Å². The highest BCUT2D eigenvalue weighted by atomic mass is 19.1. The van der Waals surface area contributed by atoms with Crippen molar-refractivity contribution in [2.24, 2.45) is 5.73 Å². The molecule has 0 radical (unpaired) electrons. The molecule has 2 aromatic rings. The molecule has 1 fully saturated rings. The van der Waals surface area contributed by atoms with Crippen LogP contribution in [0.3, 0.4) is 0 Å². The molecule has 4 heteroatoms. The lowest BCUT2D eigenvalue weighted by Gasteiger charge is -2.35. The van der Waals surface area contributed by atoms with Gasteiger partial charge >= 0.3 is 0 Å². The Morgan fingerprint density at radius 1 is 1.35 bits per heavy atom. The third-order valence-electron chi connectivity index (χ3n) is 3.40. The van der Waals surface area contributed by atoms with E-state index in [-0.39, 0.29) is 17.4 Å². The molecule has 0 amide bonds. The van der Waals surface area contributed by atoms with Gasteiger partial charge in [-0.15, -0.1) is 0 Å². The molecule has 0 unspecified atom stereocenters. The van der Waals surface area contributed by atoms with Crippen molar-refractivity contribution in [3.8, 4) is 0 Å². The molecular weight excluding hydrogens is 221 g/mol. The number of fused-ring (bicyclic) bond motifs is 1. The second kappa shape index (κ2) is 3.40. The quantitative estimate of drug-likeness (QED) is 0.811. The summed E-state index contributed by atoms with van der Waals surface area (Å²) in [6, 6.07) is 5.74. The predicted octanol–water partition coefficient (Wildman–Crippen LogP) is 2.64. The van der Waals surface area contributed by atoms with E-state index in [2.05, 4.69) is 0 Å². The van der Waals surface area contributed by atoms with Gasteiger partial charge in [0.15, 0.2) is 5.76 Å². The number of Topliss-reactive ketones (excluding diaryl/α,β-unsaturated/α-hetero) is 1. The molecule has 3 rings (SSSR count). The monoisotopic (exact) mass is 233 g/mol. The number of hydrogen-bond donors (Lipinski definition) is 1. The topological polar surface area (TPSA) is 56.2 Å². The maximum Gasteiger partial charge on any atom is 0.217 e. The van der Waals surface area contributed by atoms with Crippen LogP contribution in [-0.4, -0.2) is 11.3 Å². The maximum atomic E-state index is 13.0. The number of ketones is 1. The third kappa shape index (κ3) is 1.56. The number of hydrogen-bond acceptors (Lipinski definition) is 3. The summed E-state index contributed by atoms with van der Waals surface area (Å²) in [6.07, 6.45) is 2.35. The van der Waals surface area contributed by atoms with Gasteiger partial charge < -0.3 is 10.2 Å². The summed E-state index contributed by atoms with van der Waals surface area (Å²) >= 11 is 0. The standard InChI is InChI=1S/C13H12FNO2/c14-9-2-3-10-8(6-9)7-11(17-10)12(16)13(15)4-1-5-13/h2-3,6-7H,1,4-5,15H2. The summed E-state index contributed by atoms with van der Waals surface area (Å²) in [4.78, 5) is 12.1. The molecule has 0 aliphatic heterocycles. The van der Waals surface area contributed by atoms with Gasteiger partial charge in [0.1, 0.15) is 11.4 Å². The normalized spacial score (nSPS) is 18.0. The first kappa shape index (κ1) is 10.5. The second-order valence-corrected chi connectivity index (χ2v) is 4.63. The van der Waals surface area contributed by atoms with Crippen LogP contribution in [-0.2, 0) is 0 Å². The van der Waals surface area contributed by atoms with Gasteiger partial charge in [0.05, 0.1) is 5.54 Å². The summed E-state index contributed by atoms with van der Waals surface area (Å²) in [5, 5.41) is 0.594. The average molecular weight is 233 g/mol. The lowest BCUT2D eigenvalue weighted by molar-refractivity contribution is 0.0773. The Kier molecular flexibility index (Phi) is 2.10. The molecule has 2 N–H and O–H groups in total. The first-order valence-electron chi connectivity index (χ1n) is 5.61. The van der Waals surface area contributed by atoms with Gasteiger partial charge in [-0.3, -0.25) is 4.79 Å². The molecule has 0 atom stereocenters. The summed E-state index contributed by atoms with van der Waals surface area (Å²) < 4.78 is 18.4. The van der Waals surface area contributed by atoms with Crippen LogP contribution in [0.1, 0.15) is 29.8 Å². The molecule has 1 aromatic carbocycles.